The molecule has 2 heterocycles. The van der Waals surface area contributed by atoms with Crippen molar-refractivity contribution in [2.75, 3.05) is 6.61 Å². The van der Waals surface area contributed by atoms with E-state index >= 15 is 0 Å². The summed E-state index contributed by atoms with van der Waals surface area (Å²) < 4.78 is 7.09. The number of ether oxygens (including phenoxy) is 1. The van der Waals surface area contributed by atoms with Gasteiger partial charge in [0.1, 0.15) is 6.10 Å². The van der Waals surface area contributed by atoms with E-state index in [1.54, 1.807) is 4.68 Å². The Morgan fingerprint density at radius 1 is 1.73 bits per heavy atom. The minimum absolute atomic E-state index is 0.137. The largest absolute Gasteiger partial charge is 0.370 e. The number of rotatable bonds is 4. The van der Waals surface area contributed by atoms with E-state index in [-0.39, 0.29) is 11.9 Å². The fourth-order valence-corrected chi connectivity index (χ4v) is 1.86. The summed E-state index contributed by atoms with van der Waals surface area (Å²) in [6, 6.07) is 0. The van der Waals surface area contributed by atoms with Crippen molar-refractivity contribution >= 4 is 5.78 Å². The molecule has 0 bridgehead atoms. The number of carbonyl (C=O) groups excluding carboxylic acids is 1. The third-order valence-corrected chi connectivity index (χ3v) is 2.71. The lowest BCUT2D eigenvalue weighted by Gasteiger charge is -2.06. The van der Waals surface area contributed by atoms with Crippen LogP contribution in [0.4, 0.5) is 0 Å². The van der Waals surface area contributed by atoms with Crippen molar-refractivity contribution in [1.82, 2.24) is 9.78 Å². The molecule has 82 valence electrons. The summed E-state index contributed by atoms with van der Waals surface area (Å²) in [7, 11) is 1.88. The Balaban J connectivity index is 1.80. The zero-order chi connectivity index (χ0) is 10.7. The van der Waals surface area contributed by atoms with Crippen LogP contribution in [0, 0.1) is 0 Å². The molecule has 0 spiro atoms. The molecule has 1 aromatic rings. The molecule has 0 radical (unpaired) electrons. The Bertz CT molecular complexity index is 340. The van der Waals surface area contributed by atoms with Crippen LogP contribution >= 0.6 is 0 Å². The van der Waals surface area contributed by atoms with Gasteiger partial charge < -0.3 is 4.74 Å². The quantitative estimate of drug-likeness (QED) is 0.744. The average Bonchev–Trinajstić information content (AvgIpc) is 2.84. The Morgan fingerprint density at radius 3 is 3.20 bits per heavy atom. The van der Waals surface area contributed by atoms with Gasteiger partial charge in [0.05, 0.1) is 6.20 Å². The highest BCUT2D eigenvalue weighted by molar-refractivity contribution is 5.83. The summed E-state index contributed by atoms with van der Waals surface area (Å²) in [6.45, 7) is 0.739. The van der Waals surface area contributed by atoms with Gasteiger partial charge in [-0.1, -0.05) is 0 Å². The summed E-state index contributed by atoms with van der Waals surface area (Å²) in [4.78, 5) is 11.7. The topological polar surface area (TPSA) is 44.1 Å². The van der Waals surface area contributed by atoms with E-state index in [4.69, 9.17) is 4.74 Å². The number of aryl methyl sites for hydroxylation is 2. The van der Waals surface area contributed by atoms with Gasteiger partial charge in [0.25, 0.3) is 0 Å². The van der Waals surface area contributed by atoms with Crippen LogP contribution in [0.5, 0.6) is 0 Å². The molecule has 1 aliphatic heterocycles. The summed E-state index contributed by atoms with van der Waals surface area (Å²) in [6.07, 6.45) is 6.87. The smallest absolute Gasteiger partial charge is 0.161 e. The predicted octanol–water partition coefficient (Wildman–Crippen LogP) is 1.10. The lowest BCUT2D eigenvalue weighted by molar-refractivity contribution is -0.127. The molecule has 1 aliphatic rings. The molecule has 1 fully saturated rings. The normalized spacial score (nSPS) is 20.7. The first-order chi connectivity index (χ1) is 7.25. The molecule has 0 amide bonds. The highest BCUT2D eigenvalue weighted by atomic mass is 16.5. The molecule has 1 saturated heterocycles. The monoisotopic (exact) mass is 208 g/mol. The number of nitrogens with zero attached hydrogens (tertiary/aromatic N) is 2. The molecule has 0 N–H and O–H groups in total. The highest BCUT2D eigenvalue weighted by Gasteiger charge is 2.22. The SMILES string of the molecule is Cn1cc(CCC(=O)C2CCCO2)cn1. The third-order valence-electron chi connectivity index (χ3n) is 2.71. The van der Waals surface area contributed by atoms with E-state index in [0.29, 0.717) is 6.42 Å². The zero-order valence-electron chi connectivity index (χ0n) is 8.98. The van der Waals surface area contributed by atoms with Crippen molar-refractivity contribution in [1.29, 1.82) is 0 Å². The van der Waals surface area contributed by atoms with Crippen molar-refractivity contribution in [3.63, 3.8) is 0 Å². The van der Waals surface area contributed by atoms with Crippen LogP contribution in [-0.4, -0.2) is 28.3 Å². The number of Topliss-reactive ketones (excluding diaryl/α,β-unsaturated/α-hetero) is 1. The molecule has 1 unspecified atom stereocenters. The number of hydrogen-bond donors (Lipinski definition) is 0. The van der Waals surface area contributed by atoms with Gasteiger partial charge in [0.15, 0.2) is 5.78 Å². The molecular formula is C11H16N2O2. The molecule has 15 heavy (non-hydrogen) atoms. The molecule has 2 rings (SSSR count). The van der Waals surface area contributed by atoms with Crippen LogP contribution in [-0.2, 0) is 23.0 Å². The minimum atomic E-state index is -0.137. The minimum Gasteiger partial charge on any atom is -0.370 e. The van der Waals surface area contributed by atoms with Crippen molar-refractivity contribution < 1.29 is 9.53 Å². The summed E-state index contributed by atoms with van der Waals surface area (Å²) in [5, 5.41) is 4.07. The number of carbonyl (C=O) groups is 1. The van der Waals surface area contributed by atoms with Crippen molar-refractivity contribution in [2.24, 2.45) is 7.05 Å². The van der Waals surface area contributed by atoms with Crippen LogP contribution in [0.2, 0.25) is 0 Å². The average molecular weight is 208 g/mol. The number of hydrogen-bond acceptors (Lipinski definition) is 3. The summed E-state index contributed by atoms with van der Waals surface area (Å²) >= 11 is 0. The Labute approximate surface area is 89.2 Å². The van der Waals surface area contributed by atoms with Gasteiger partial charge in [-0.2, -0.15) is 5.10 Å². The first-order valence-electron chi connectivity index (χ1n) is 5.37. The molecule has 0 aliphatic carbocycles. The molecule has 1 atom stereocenters. The Morgan fingerprint density at radius 2 is 2.60 bits per heavy atom. The van der Waals surface area contributed by atoms with Gasteiger partial charge in [0, 0.05) is 26.3 Å². The molecule has 4 heteroatoms. The maximum absolute atomic E-state index is 11.7. The van der Waals surface area contributed by atoms with E-state index < -0.39 is 0 Å². The van der Waals surface area contributed by atoms with Crippen LogP contribution in [0.15, 0.2) is 12.4 Å². The third kappa shape index (κ3) is 2.65. The maximum atomic E-state index is 11.7. The van der Waals surface area contributed by atoms with Crippen LogP contribution in [0.1, 0.15) is 24.8 Å². The lowest BCUT2D eigenvalue weighted by atomic mass is 10.1. The van der Waals surface area contributed by atoms with Gasteiger partial charge >= 0.3 is 0 Å². The Kier molecular flexibility index (Phi) is 3.16. The second-order valence-electron chi connectivity index (χ2n) is 3.99. The second kappa shape index (κ2) is 4.57. The Hall–Kier alpha value is -1.16. The molecular weight excluding hydrogens is 192 g/mol. The molecule has 1 aromatic heterocycles. The number of aromatic nitrogens is 2. The second-order valence-corrected chi connectivity index (χ2v) is 3.99. The van der Waals surface area contributed by atoms with Crippen molar-refractivity contribution in [2.45, 2.75) is 31.8 Å². The molecule has 0 saturated carbocycles. The van der Waals surface area contributed by atoms with Crippen LogP contribution < -0.4 is 0 Å². The van der Waals surface area contributed by atoms with E-state index in [2.05, 4.69) is 5.10 Å². The van der Waals surface area contributed by atoms with Crippen molar-refractivity contribution in [3.05, 3.63) is 18.0 Å². The lowest BCUT2D eigenvalue weighted by Crippen LogP contribution is -2.19. The standard InChI is InChI=1S/C11H16N2O2/c1-13-8-9(7-12-13)4-5-10(14)11-3-2-6-15-11/h7-8,11H,2-6H2,1H3. The summed E-state index contributed by atoms with van der Waals surface area (Å²) in [5.74, 6) is 0.233. The maximum Gasteiger partial charge on any atom is 0.161 e. The van der Waals surface area contributed by atoms with E-state index in [0.717, 1.165) is 31.4 Å². The molecule has 0 aromatic carbocycles. The van der Waals surface area contributed by atoms with E-state index in [1.807, 2.05) is 19.4 Å². The van der Waals surface area contributed by atoms with Crippen LogP contribution in [0.3, 0.4) is 0 Å². The van der Waals surface area contributed by atoms with Gasteiger partial charge in [-0.05, 0) is 24.8 Å². The fraction of sp³-hybridized carbons (Fsp3) is 0.636. The fourth-order valence-electron chi connectivity index (χ4n) is 1.86. The van der Waals surface area contributed by atoms with Crippen LogP contribution in [0.25, 0.3) is 0 Å². The van der Waals surface area contributed by atoms with E-state index in [9.17, 15) is 4.79 Å². The van der Waals surface area contributed by atoms with Gasteiger partial charge in [-0.15, -0.1) is 0 Å². The van der Waals surface area contributed by atoms with Crippen molar-refractivity contribution in [3.8, 4) is 0 Å². The van der Waals surface area contributed by atoms with E-state index in [1.165, 1.54) is 0 Å². The molecule has 4 nitrogen and oxygen atoms in total. The number of ketones is 1. The van der Waals surface area contributed by atoms with Gasteiger partial charge in [0.2, 0.25) is 0 Å². The predicted molar refractivity (Wildman–Crippen MR) is 55.5 cm³/mol. The summed E-state index contributed by atoms with van der Waals surface area (Å²) in [5.41, 5.74) is 1.11. The first-order valence-corrected chi connectivity index (χ1v) is 5.37. The van der Waals surface area contributed by atoms with Gasteiger partial charge in [-0.25, -0.2) is 0 Å². The van der Waals surface area contributed by atoms with Gasteiger partial charge in [-0.3, -0.25) is 9.48 Å². The first kappa shape index (κ1) is 10.4. The zero-order valence-corrected chi connectivity index (χ0v) is 8.98. The highest BCUT2D eigenvalue weighted by Crippen LogP contribution is 2.15.